The van der Waals surface area contributed by atoms with E-state index in [9.17, 15) is 14.4 Å². The first-order valence-electron chi connectivity index (χ1n) is 20.8. The van der Waals surface area contributed by atoms with Gasteiger partial charge in [-0.25, -0.2) is 14.8 Å². The summed E-state index contributed by atoms with van der Waals surface area (Å²) in [6.45, 7) is 4.79. The van der Waals surface area contributed by atoms with Gasteiger partial charge in [-0.15, -0.1) is 0 Å². The summed E-state index contributed by atoms with van der Waals surface area (Å²) in [5, 5.41) is 4.92. The minimum Gasteiger partial charge on any atom is -0.488 e. The number of nitrogens with zero attached hydrogens (tertiary/aromatic N) is 4. The van der Waals surface area contributed by atoms with Crippen LogP contribution in [-0.2, 0) is 30.4 Å². The molecule has 14 nitrogen and oxygen atoms in total. The number of fused-ring (bicyclic) bond motifs is 5. The van der Waals surface area contributed by atoms with Crippen molar-refractivity contribution in [2.45, 2.75) is 82.7 Å². The number of carbonyl (C=O) groups excluding carboxylic acids is 3. The topological polar surface area (TPSA) is 164 Å². The Morgan fingerprint density at radius 2 is 1.51 bits per heavy atom. The van der Waals surface area contributed by atoms with Gasteiger partial charge in [0.2, 0.25) is 11.8 Å². The van der Waals surface area contributed by atoms with E-state index in [0.29, 0.717) is 45.6 Å². The molecule has 4 aliphatic heterocycles. The number of amides is 3. The average molecular weight is 802 g/mol. The molecule has 59 heavy (non-hydrogen) atoms. The Morgan fingerprint density at radius 1 is 0.847 bits per heavy atom. The number of rotatable bonds is 10. The van der Waals surface area contributed by atoms with Crippen molar-refractivity contribution >= 4 is 28.7 Å². The third-order valence-corrected chi connectivity index (χ3v) is 12.6. The number of likely N-dealkylation sites (tertiary alicyclic amines) is 2. The van der Waals surface area contributed by atoms with Crippen LogP contribution < -0.4 is 10.1 Å². The van der Waals surface area contributed by atoms with Crippen molar-refractivity contribution in [1.82, 2.24) is 35.1 Å². The summed E-state index contributed by atoms with van der Waals surface area (Å²) in [6.07, 6.45) is 8.16. The van der Waals surface area contributed by atoms with Crippen molar-refractivity contribution in [2.75, 3.05) is 40.5 Å². The zero-order valence-corrected chi connectivity index (χ0v) is 33.8. The predicted octanol–water partition coefficient (Wildman–Crippen LogP) is 7.08. The summed E-state index contributed by atoms with van der Waals surface area (Å²) in [6, 6.07) is 16.0. The van der Waals surface area contributed by atoms with Gasteiger partial charge in [0.05, 0.1) is 55.5 Å². The van der Waals surface area contributed by atoms with Gasteiger partial charge in [-0.05, 0) is 91.6 Å². The molecule has 0 saturated carbocycles. The fourth-order valence-corrected chi connectivity index (χ4v) is 9.34. The lowest BCUT2D eigenvalue weighted by Crippen LogP contribution is -2.53. The number of benzene rings is 3. The van der Waals surface area contributed by atoms with Gasteiger partial charge in [-0.3, -0.25) is 9.59 Å². The molecule has 2 aromatic heterocycles. The highest BCUT2D eigenvalue weighted by Gasteiger charge is 2.40. The quantitative estimate of drug-likeness (QED) is 0.134. The number of ether oxygens (including phenoxy) is 4. The summed E-state index contributed by atoms with van der Waals surface area (Å²) >= 11 is 0. The molecule has 3 saturated heterocycles. The standard InChI is InChI=1S/C45H51N7O7/c1-26(56-2)20-39(53)51-16-4-6-37(51)42-46-23-35(48-42)29-10-12-33-28(21-29)8-13-34-32-11-9-30(22-31(32)25-59-41(33)34)36-24-47-43(49-36)38-7-5-17-52(38)44(54)40(50-45(55)57-3)27-14-18-58-19-15-27/h8-13,21-24,26-27,37-38,40H,4-7,14-20,25H2,1-3H3,(H,46,48)(H,47,49)(H,50,55)/t26-,37+,38+,40+/m1/s1. The van der Waals surface area contributed by atoms with Gasteiger partial charge in [0.15, 0.2) is 0 Å². The third kappa shape index (κ3) is 7.55. The summed E-state index contributed by atoms with van der Waals surface area (Å²) in [5.74, 6) is 2.36. The molecule has 0 spiro atoms. The maximum atomic E-state index is 14.0. The molecule has 4 atom stereocenters. The van der Waals surface area contributed by atoms with Gasteiger partial charge < -0.3 is 44.0 Å². The van der Waals surface area contributed by atoms with E-state index in [-0.39, 0.29) is 35.9 Å². The van der Waals surface area contributed by atoms with Crippen LogP contribution in [0.4, 0.5) is 4.79 Å². The van der Waals surface area contributed by atoms with E-state index in [4.69, 9.17) is 28.9 Å². The van der Waals surface area contributed by atoms with Crippen LogP contribution in [0.1, 0.15) is 81.2 Å². The third-order valence-electron chi connectivity index (χ3n) is 12.6. The molecule has 0 radical (unpaired) electrons. The van der Waals surface area contributed by atoms with Gasteiger partial charge in [0.25, 0.3) is 0 Å². The van der Waals surface area contributed by atoms with Crippen LogP contribution in [0, 0.1) is 5.92 Å². The first-order chi connectivity index (χ1) is 28.8. The Kier molecular flexibility index (Phi) is 10.8. The van der Waals surface area contributed by atoms with Crippen LogP contribution >= 0.6 is 0 Å². The number of imidazole rings is 2. The maximum absolute atomic E-state index is 14.0. The fourth-order valence-electron chi connectivity index (χ4n) is 9.34. The van der Waals surface area contributed by atoms with E-state index in [1.807, 2.05) is 29.1 Å². The Balaban J connectivity index is 0.912. The molecule has 3 aromatic carbocycles. The molecular formula is C45H51N7O7. The lowest BCUT2D eigenvalue weighted by molar-refractivity contribution is -0.137. The number of hydrogen-bond donors (Lipinski definition) is 3. The minimum atomic E-state index is -0.684. The summed E-state index contributed by atoms with van der Waals surface area (Å²) in [4.78, 5) is 59.7. The Labute approximate surface area is 343 Å². The van der Waals surface area contributed by atoms with E-state index in [2.05, 4.69) is 63.8 Å². The molecule has 3 N–H and O–H groups in total. The largest absolute Gasteiger partial charge is 0.488 e. The zero-order chi connectivity index (χ0) is 40.6. The number of hydrogen-bond acceptors (Lipinski definition) is 9. The predicted molar refractivity (Wildman–Crippen MR) is 220 cm³/mol. The van der Waals surface area contributed by atoms with Crippen LogP contribution in [0.25, 0.3) is 44.4 Å². The van der Waals surface area contributed by atoms with Crippen molar-refractivity contribution < 1.29 is 33.3 Å². The minimum absolute atomic E-state index is 0.0262. The number of methoxy groups -OCH3 is 2. The number of alkyl carbamates (subject to hydrolysis) is 1. The van der Waals surface area contributed by atoms with E-state index >= 15 is 0 Å². The Hall–Kier alpha value is -5.73. The molecule has 9 rings (SSSR count). The number of carbonyl (C=O) groups is 3. The summed E-state index contributed by atoms with van der Waals surface area (Å²) in [7, 11) is 2.95. The molecule has 3 fully saturated rings. The summed E-state index contributed by atoms with van der Waals surface area (Å²) in [5.41, 5.74) is 7.02. The fraction of sp³-hybridized carbons (Fsp3) is 0.444. The van der Waals surface area contributed by atoms with Crippen molar-refractivity contribution in [3.63, 3.8) is 0 Å². The summed E-state index contributed by atoms with van der Waals surface area (Å²) < 4.78 is 22.2. The van der Waals surface area contributed by atoms with Crippen LogP contribution in [-0.4, -0.2) is 100 Å². The van der Waals surface area contributed by atoms with Crippen molar-refractivity contribution in [3.8, 4) is 39.4 Å². The molecule has 3 amide bonds. The zero-order valence-electron chi connectivity index (χ0n) is 33.8. The van der Waals surface area contributed by atoms with E-state index in [1.54, 1.807) is 7.11 Å². The van der Waals surface area contributed by atoms with Gasteiger partial charge in [-0.1, -0.05) is 30.3 Å². The normalized spacial score (nSPS) is 20.2. The molecule has 0 aliphatic carbocycles. The number of aromatic nitrogens is 4. The second-order valence-electron chi connectivity index (χ2n) is 16.2. The highest BCUT2D eigenvalue weighted by atomic mass is 16.5. The first kappa shape index (κ1) is 38.8. The smallest absolute Gasteiger partial charge is 0.407 e. The SMILES string of the molecule is COC(=O)N[C@H](C(=O)N1CCC[C@H]1c1ncc(-c2ccc3c(c2)COc2c-3ccc3cc(-c4cnc([C@@H]5CCCN5C(=O)C[C@@H](C)OC)[nH]4)ccc23)[nH]1)C1CCOCC1. The Bertz CT molecular complexity index is 2370. The molecule has 5 aromatic rings. The van der Waals surface area contributed by atoms with Gasteiger partial charge in [0, 0.05) is 49.9 Å². The highest BCUT2D eigenvalue weighted by molar-refractivity contribution is 5.98. The molecule has 308 valence electrons. The van der Waals surface area contributed by atoms with Crippen molar-refractivity contribution in [1.29, 1.82) is 0 Å². The van der Waals surface area contributed by atoms with E-state index in [1.165, 1.54) is 7.11 Å². The van der Waals surface area contributed by atoms with Gasteiger partial charge in [0.1, 0.15) is 30.0 Å². The molecule has 6 heterocycles. The molecule has 0 bridgehead atoms. The second-order valence-corrected chi connectivity index (χ2v) is 16.2. The van der Waals surface area contributed by atoms with E-state index in [0.717, 1.165) is 99.6 Å². The van der Waals surface area contributed by atoms with Gasteiger partial charge in [-0.2, -0.15) is 0 Å². The average Bonchev–Trinajstić information content (AvgIpc) is 4.12. The van der Waals surface area contributed by atoms with Gasteiger partial charge >= 0.3 is 6.09 Å². The lowest BCUT2D eigenvalue weighted by Gasteiger charge is -2.34. The Morgan fingerprint density at radius 3 is 2.22 bits per heavy atom. The maximum Gasteiger partial charge on any atom is 0.407 e. The van der Waals surface area contributed by atoms with Crippen LogP contribution in [0.2, 0.25) is 0 Å². The van der Waals surface area contributed by atoms with E-state index < -0.39 is 12.1 Å². The van der Waals surface area contributed by atoms with Crippen LogP contribution in [0.3, 0.4) is 0 Å². The second kappa shape index (κ2) is 16.5. The molecular weight excluding hydrogens is 751 g/mol. The first-order valence-corrected chi connectivity index (χ1v) is 20.8. The number of H-pyrrole nitrogens is 2. The molecule has 4 aliphatic rings. The van der Waals surface area contributed by atoms with Crippen LogP contribution in [0.5, 0.6) is 5.75 Å². The monoisotopic (exact) mass is 801 g/mol. The number of nitrogens with one attached hydrogen (secondary N) is 3. The number of aromatic amines is 2. The van der Waals surface area contributed by atoms with Crippen LogP contribution in [0.15, 0.2) is 60.9 Å². The lowest BCUT2D eigenvalue weighted by atomic mass is 9.90. The molecule has 0 unspecified atom stereocenters. The highest BCUT2D eigenvalue weighted by Crippen LogP contribution is 2.44. The van der Waals surface area contributed by atoms with Crippen molar-refractivity contribution in [2.24, 2.45) is 5.92 Å². The molecule has 14 heteroatoms. The van der Waals surface area contributed by atoms with Crippen molar-refractivity contribution in [3.05, 3.63) is 78.1 Å².